The summed E-state index contributed by atoms with van der Waals surface area (Å²) in [5.41, 5.74) is 1.72. The molecule has 0 saturated heterocycles. The molecule has 0 aliphatic rings. The lowest BCUT2D eigenvalue weighted by Gasteiger charge is -2.18. The molecule has 0 aliphatic heterocycles. The zero-order chi connectivity index (χ0) is 19.3. The number of nitrogens with one attached hydrogen (secondary N) is 2. The van der Waals surface area contributed by atoms with E-state index in [1.165, 1.54) is 22.5 Å². The summed E-state index contributed by atoms with van der Waals surface area (Å²) in [5.74, 6) is -0.316. The molecule has 0 amide bonds. The summed E-state index contributed by atoms with van der Waals surface area (Å²) >= 11 is 5.21. The topological polar surface area (TPSA) is 61.4 Å². The van der Waals surface area contributed by atoms with E-state index in [9.17, 15) is 12.8 Å². The van der Waals surface area contributed by atoms with Crippen LogP contribution in [0.25, 0.3) is 0 Å². The van der Waals surface area contributed by atoms with Crippen LogP contribution in [-0.2, 0) is 10.0 Å². The van der Waals surface area contributed by atoms with E-state index in [1.54, 1.807) is 45.0 Å². The molecule has 0 spiro atoms. The van der Waals surface area contributed by atoms with Gasteiger partial charge in [0.05, 0.1) is 4.90 Å². The van der Waals surface area contributed by atoms with Crippen molar-refractivity contribution in [2.75, 3.05) is 23.7 Å². The molecule has 0 heterocycles. The van der Waals surface area contributed by atoms with Crippen molar-refractivity contribution in [3.8, 4) is 0 Å². The Kier molecular flexibility index (Phi) is 6.69. The first-order valence-electron chi connectivity index (χ1n) is 8.22. The van der Waals surface area contributed by atoms with Crippen LogP contribution in [0.15, 0.2) is 47.4 Å². The third-order valence-corrected chi connectivity index (χ3v) is 6.15. The van der Waals surface area contributed by atoms with Crippen molar-refractivity contribution < 1.29 is 12.8 Å². The number of benzene rings is 2. The van der Waals surface area contributed by atoms with Gasteiger partial charge in [-0.1, -0.05) is 19.9 Å². The van der Waals surface area contributed by atoms with Crippen LogP contribution in [0.3, 0.4) is 0 Å². The Balaban J connectivity index is 2.06. The van der Waals surface area contributed by atoms with Gasteiger partial charge in [0.15, 0.2) is 5.11 Å². The van der Waals surface area contributed by atoms with Crippen LogP contribution in [0.5, 0.6) is 0 Å². The van der Waals surface area contributed by atoms with Crippen molar-refractivity contribution in [3.05, 3.63) is 53.8 Å². The largest absolute Gasteiger partial charge is 0.332 e. The molecule has 0 aromatic heterocycles. The molecule has 5 nitrogen and oxygen atoms in total. The summed E-state index contributed by atoms with van der Waals surface area (Å²) in [6.07, 6.45) is 0. The highest BCUT2D eigenvalue weighted by Crippen LogP contribution is 2.19. The Bertz CT molecular complexity index is 880. The van der Waals surface area contributed by atoms with Crippen LogP contribution in [0.1, 0.15) is 19.4 Å². The Hall–Kier alpha value is -2.03. The van der Waals surface area contributed by atoms with Gasteiger partial charge in [0.1, 0.15) is 5.82 Å². The molecule has 2 rings (SSSR count). The summed E-state index contributed by atoms with van der Waals surface area (Å²) in [6, 6.07) is 11.1. The van der Waals surface area contributed by atoms with Crippen molar-refractivity contribution in [1.29, 1.82) is 0 Å². The third kappa shape index (κ3) is 4.78. The monoisotopic (exact) mass is 395 g/mol. The van der Waals surface area contributed by atoms with E-state index in [4.69, 9.17) is 12.2 Å². The van der Waals surface area contributed by atoms with Gasteiger partial charge in [-0.3, -0.25) is 0 Å². The summed E-state index contributed by atoms with van der Waals surface area (Å²) in [4.78, 5) is 0.228. The average Bonchev–Trinajstić information content (AvgIpc) is 2.59. The van der Waals surface area contributed by atoms with Crippen LogP contribution in [-0.4, -0.2) is 30.9 Å². The first-order valence-corrected chi connectivity index (χ1v) is 10.1. The Labute approximate surface area is 159 Å². The number of rotatable bonds is 6. The van der Waals surface area contributed by atoms with Crippen LogP contribution in [0, 0.1) is 12.7 Å². The van der Waals surface area contributed by atoms with Gasteiger partial charge < -0.3 is 10.6 Å². The third-order valence-electron chi connectivity index (χ3n) is 3.89. The van der Waals surface area contributed by atoms with Gasteiger partial charge in [0, 0.05) is 24.5 Å². The number of anilines is 2. The number of hydrogen-bond donors (Lipinski definition) is 2. The number of thiocarbonyl (C=S) groups is 1. The van der Waals surface area contributed by atoms with Gasteiger partial charge in [-0.2, -0.15) is 4.31 Å². The maximum atomic E-state index is 13.6. The highest BCUT2D eigenvalue weighted by atomic mass is 32.2. The minimum Gasteiger partial charge on any atom is -0.332 e. The first kappa shape index (κ1) is 20.3. The molecule has 140 valence electrons. The lowest BCUT2D eigenvalue weighted by molar-refractivity contribution is 0.445. The fourth-order valence-corrected chi connectivity index (χ4v) is 4.08. The lowest BCUT2D eigenvalue weighted by Crippen LogP contribution is -2.30. The molecule has 0 atom stereocenters. The second-order valence-corrected chi connectivity index (χ2v) is 8.00. The van der Waals surface area contributed by atoms with Gasteiger partial charge in [-0.15, -0.1) is 0 Å². The molecule has 0 saturated carbocycles. The second-order valence-electron chi connectivity index (χ2n) is 5.66. The fraction of sp³-hybridized carbons (Fsp3) is 0.278. The van der Waals surface area contributed by atoms with Gasteiger partial charge in [0.25, 0.3) is 0 Å². The van der Waals surface area contributed by atoms with E-state index >= 15 is 0 Å². The predicted molar refractivity (Wildman–Crippen MR) is 108 cm³/mol. The molecule has 26 heavy (non-hydrogen) atoms. The van der Waals surface area contributed by atoms with E-state index in [1.807, 2.05) is 0 Å². The fourth-order valence-electron chi connectivity index (χ4n) is 2.39. The average molecular weight is 396 g/mol. The van der Waals surface area contributed by atoms with Gasteiger partial charge in [-0.25, -0.2) is 12.8 Å². The number of sulfonamides is 1. The standard InChI is InChI=1S/C18H22FN3O2S2/c1-4-22(5-2)26(23,24)16-10-8-14(9-11-16)20-18(25)21-15-7-6-13(3)17(19)12-15/h6-12H,4-5H2,1-3H3,(H2,20,21,25). The molecule has 0 unspecified atom stereocenters. The van der Waals surface area contributed by atoms with Gasteiger partial charge in [-0.05, 0) is 61.1 Å². The second kappa shape index (κ2) is 8.57. The molecule has 8 heteroatoms. The van der Waals surface area contributed by atoms with E-state index in [0.29, 0.717) is 30.0 Å². The van der Waals surface area contributed by atoms with E-state index in [0.717, 1.165) is 0 Å². The smallest absolute Gasteiger partial charge is 0.243 e. The molecule has 2 aromatic rings. The van der Waals surface area contributed by atoms with E-state index < -0.39 is 10.0 Å². The van der Waals surface area contributed by atoms with Crippen molar-refractivity contribution >= 4 is 38.7 Å². The molecule has 0 bridgehead atoms. The Morgan fingerprint density at radius 3 is 2.12 bits per heavy atom. The van der Waals surface area contributed by atoms with Crippen molar-refractivity contribution in [3.63, 3.8) is 0 Å². The summed E-state index contributed by atoms with van der Waals surface area (Å²) in [7, 11) is -3.49. The molecule has 2 N–H and O–H groups in total. The zero-order valence-corrected chi connectivity index (χ0v) is 16.5. The van der Waals surface area contributed by atoms with Crippen LogP contribution in [0.4, 0.5) is 15.8 Å². The van der Waals surface area contributed by atoms with Crippen LogP contribution in [0.2, 0.25) is 0 Å². The highest BCUT2D eigenvalue weighted by Gasteiger charge is 2.21. The number of nitrogens with zero attached hydrogens (tertiary/aromatic N) is 1. The normalized spacial score (nSPS) is 11.4. The maximum absolute atomic E-state index is 13.6. The number of aryl methyl sites for hydroxylation is 1. The highest BCUT2D eigenvalue weighted by molar-refractivity contribution is 7.89. The van der Waals surface area contributed by atoms with E-state index in [2.05, 4.69) is 10.6 Å². The molecule has 0 aliphatic carbocycles. The molecule has 2 aromatic carbocycles. The van der Waals surface area contributed by atoms with Crippen LogP contribution >= 0.6 is 12.2 Å². The van der Waals surface area contributed by atoms with Crippen molar-refractivity contribution in [2.45, 2.75) is 25.7 Å². The molecule has 0 radical (unpaired) electrons. The predicted octanol–water partition coefficient (Wildman–Crippen LogP) is 3.97. The number of hydrogen-bond acceptors (Lipinski definition) is 3. The minimum atomic E-state index is -3.49. The van der Waals surface area contributed by atoms with Crippen molar-refractivity contribution in [2.24, 2.45) is 0 Å². The van der Waals surface area contributed by atoms with Crippen LogP contribution < -0.4 is 10.6 Å². The molecular weight excluding hydrogens is 373 g/mol. The minimum absolute atomic E-state index is 0.228. The Morgan fingerprint density at radius 1 is 1.04 bits per heavy atom. The van der Waals surface area contributed by atoms with Gasteiger partial charge in [0.2, 0.25) is 10.0 Å². The lowest BCUT2D eigenvalue weighted by atomic mass is 10.2. The maximum Gasteiger partial charge on any atom is 0.243 e. The number of halogens is 1. The summed E-state index contributed by atoms with van der Waals surface area (Å²) in [6.45, 7) is 6.12. The summed E-state index contributed by atoms with van der Waals surface area (Å²) < 4.78 is 39.9. The zero-order valence-electron chi connectivity index (χ0n) is 14.9. The Morgan fingerprint density at radius 2 is 1.58 bits per heavy atom. The van der Waals surface area contributed by atoms with Gasteiger partial charge >= 0.3 is 0 Å². The van der Waals surface area contributed by atoms with E-state index in [-0.39, 0.29) is 15.8 Å². The molecule has 0 fully saturated rings. The van der Waals surface area contributed by atoms with Crippen molar-refractivity contribution in [1.82, 2.24) is 4.31 Å². The summed E-state index contributed by atoms with van der Waals surface area (Å²) in [5, 5.41) is 6.13. The quantitative estimate of drug-likeness (QED) is 0.725. The molecular formula is C18H22FN3O2S2. The first-order chi connectivity index (χ1) is 12.3. The SMILES string of the molecule is CCN(CC)S(=O)(=O)c1ccc(NC(=S)Nc2ccc(C)c(F)c2)cc1.